The number of nitrogens with zero attached hydrogens (tertiary/aromatic N) is 1. The molecule has 1 aromatic rings. The fourth-order valence-electron chi connectivity index (χ4n) is 2.45. The van der Waals surface area contributed by atoms with Gasteiger partial charge in [0, 0.05) is 18.0 Å². The third-order valence-electron chi connectivity index (χ3n) is 3.80. The molecule has 0 spiro atoms. The van der Waals surface area contributed by atoms with E-state index in [0.717, 1.165) is 43.1 Å². The van der Waals surface area contributed by atoms with Crippen molar-refractivity contribution in [3.05, 3.63) is 24.3 Å². The fraction of sp³-hybridized carbons (Fsp3) is 0.562. The predicted octanol–water partition coefficient (Wildman–Crippen LogP) is 2.37. The van der Waals surface area contributed by atoms with E-state index in [0.29, 0.717) is 18.3 Å². The van der Waals surface area contributed by atoms with E-state index in [1.807, 2.05) is 36.1 Å². The van der Waals surface area contributed by atoms with Crippen molar-refractivity contribution >= 4 is 17.7 Å². The van der Waals surface area contributed by atoms with Gasteiger partial charge in [0.05, 0.1) is 12.4 Å². The molecule has 4 nitrogen and oxygen atoms in total. The first-order valence-electron chi connectivity index (χ1n) is 7.56. The van der Waals surface area contributed by atoms with Crippen LogP contribution in [0.15, 0.2) is 29.2 Å². The number of carbonyl (C=O) groups is 1. The van der Waals surface area contributed by atoms with Crippen LogP contribution in [-0.2, 0) is 4.79 Å². The Hall–Kier alpha value is -1.20. The molecular formula is C16H24N2O2S. The molecule has 1 saturated heterocycles. The van der Waals surface area contributed by atoms with Crippen molar-refractivity contribution < 1.29 is 9.53 Å². The molecule has 2 rings (SSSR count). The molecule has 0 bridgehead atoms. The van der Waals surface area contributed by atoms with Crippen LogP contribution in [0.3, 0.4) is 0 Å². The predicted molar refractivity (Wildman–Crippen MR) is 86.7 cm³/mol. The van der Waals surface area contributed by atoms with E-state index in [-0.39, 0.29) is 5.91 Å². The monoisotopic (exact) mass is 308 g/mol. The van der Waals surface area contributed by atoms with Gasteiger partial charge in [0.1, 0.15) is 5.75 Å². The third kappa shape index (κ3) is 4.93. The van der Waals surface area contributed by atoms with Gasteiger partial charge in [-0.05, 0) is 56.5 Å². The number of likely N-dealkylation sites (tertiary alicyclic amines) is 1. The summed E-state index contributed by atoms with van der Waals surface area (Å²) in [5, 5.41) is 0. The summed E-state index contributed by atoms with van der Waals surface area (Å²) in [5.74, 6) is 2.19. The molecule has 0 aromatic heterocycles. The zero-order chi connectivity index (χ0) is 15.1. The minimum Gasteiger partial charge on any atom is -0.494 e. The molecule has 116 valence electrons. The van der Waals surface area contributed by atoms with Gasteiger partial charge in [0.25, 0.3) is 0 Å². The lowest BCUT2D eigenvalue weighted by Gasteiger charge is -2.31. The van der Waals surface area contributed by atoms with Crippen LogP contribution in [0.2, 0.25) is 0 Å². The van der Waals surface area contributed by atoms with E-state index in [2.05, 4.69) is 0 Å². The van der Waals surface area contributed by atoms with Crippen LogP contribution in [0.25, 0.3) is 0 Å². The van der Waals surface area contributed by atoms with Crippen molar-refractivity contribution in [1.82, 2.24) is 4.90 Å². The second kappa shape index (κ2) is 8.29. The topological polar surface area (TPSA) is 55.6 Å². The van der Waals surface area contributed by atoms with Gasteiger partial charge in [-0.1, -0.05) is 0 Å². The normalized spacial score (nSPS) is 16.0. The number of carbonyl (C=O) groups excluding carboxylic acids is 1. The zero-order valence-electron chi connectivity index (χ0n) is 12.6. The van der Waals surface area contributed by atoms with Gasteiger partial charge in [-0.15, -0.1) is 11.8 Å². The minimum absolute atomic E-state index is 0.226. The lowest BCUT2D eigenvalue weighted by Crippen LogP contribution is -2.40. The number of benzene rings is 1. The Morgan fingerprint density at radius 1 is 1.33 bits per heavy atom. The van der Waals surface area contributed by atoms with E-state index < -0.39 is 0 Å². The lowest BCUT2D eigenvalue weighted by molar-refractivity contribution is -0.129. The van der Waals surface area contributed by atoms with Crippen molar-refractivity contribution in [3.63, 3.8) is 0 Å². The van der Waals surface area contributed by atoms with Crippen molar-refractivity contribution in [3.8, 4) is 5.75 Å². The standard InChI is InChI=1S/C16H24N2O2S/c1-2-20-14-3-5-15(6-4-14)21-12-16(19)18-9-7-13(11-17)8-10-18/h3-6,13H,2,7-12,17H2,1H3. The zero-order valence-corrected chi connectivity index (χ0v) is 13.4. The molecule has 2 N–H and O–H groups in total. The SMILES string of the molecule is CCOc1ccc(SCC(=O)N2CCC(CN)CC2)cc1. The van der Waals surface area contributed by atoms with Gasteiger partial charge in [-0.2, -0.15) is 0 Å². The fourth-order valence-corrected chi connectivity index (χ4v) is 3.25. The molecular weight excluding hydrogens is 284 g/mol. The van der Waals surface area contributed by atoms with Crippen LogP contribution in [-0.4, -0.2) is 42.8 Å². The van der Waals surface area contributed by atoms with E-state index in [1.165, 1.54) is 0 Å². The van der Waals surface area contributed by atoms with Crippen molar-refractivity contribution in [2.45, 2.75) is 24.7 Å². The number of nitrogens with two attached hydrogens (primary N) is 1. The minimum atomic E-state index is 0.226. The molecule has 0 saturated carbocycles. The average Bonchev–Trinajstić information content (AvgIpc) is 2.54. The molecule has 0 atom stereocenters. The van der Waals surface area contributed by atoms with Crippen LogP contribution < -0.4 is 10.5 Å². The van der Waals surface area contributed by atoms with Gasteiger partial charge in [0.15, 0.2) is 0 Å². The molecule has 1 aliphatic heterocycles. The first-order valence-corrected chi connectivity index (χ1v) is 8.55. The maximum Gasteiger partial charge on any atom is 0.232 e. The van der Waals surface area contributed by atoms with E-state index >= 15 is 0 Å². The number of ether oxygens (including phenoxy) is 1. The summed E-state index contributed by atoms with van der Waals surface area (Å²) in [6.45, 7) is 5.08. The first kappa shape index (κ1) is 16.2. The summed E-state index contributed by atoms with van der Waals surface area (Å²) in [7, 11) is 0. The molecule has 1 amide bonds. The van der Waals surface area contributed by atoms with Crippen LogP contribution in [0.1, 0.15) is 19.8 Å². The molecule has 1 aliphatic rings. The molecule has 0 radical (unpaired) electrons. The highest BCUT2D eigenvalue weighted by Gasteiger charge is 2.21. The molecule has 0 unspecified atom stereocenters. The van der Waals surface area contributed by atoms with Gasteiger partial charge in [-0.25, -0.2) is 0 Å². The quantitative estimate of drug-likeness (QED) is 0.820. The molecule has 0 aliphatic carbocycles. The van der Waals surface area contributed by atoms with Gasteiger partial charge < -0.3 is 15.4 Å². The maximum absolute atomic E-state index is 12.2. The van der Waals surface area contributed by atoms with Gasteiger partial charge >= 0.3 is 0 Å². The first-order chi connectivity index (χ1) is 10.2. The van der Waals surface area contributed by atoms with Gasteiger partial charge in [0.2, 0.25) is 5.91 Å². The summed E-state index contributed by atoms with van der Waals surface area (Å²) in [5.41, 5.74) is 5.68. The number of hydrogen-bond acceptors (Lipinski definition) is 4. The maximum atomic E-state index is 12.2. The van der Waals surface area contributed by atoms with Crippen LogP contribution in [0.5, 0.6) is 5.75 Å². The summed E-state index contributed by atoms with van der Waals surface area (Å²) in [6.07, 6.45) is 2.08. The Bertz CT molecular complexity index is 442. The Morgan fingerprint density at radius 3 is 2.57 bits per heavy atom. The highest BCUT2D eigenvalue weighted by Crippen LogP contribution is 2.23. The molecule has 21 heavy (non-hydrogen) atoms. The average molecular weight is 308 g/mol. The third-order valence-corrected chi connectivity index (χ3v) is 4.79. The Kier molecular flexibility index (Phi) is 6.39. The van der Waals surface area contributed by atoms with E-state index in [1.54, 1.807) is 11.8 Å². The Morgan fingerprint density at radius 2 is 2.00 bits per heavy atom. The number of amides is 1. The Labute approximate surface area is 131 Å². The molecule has 1 fully saturated rings. The Balaban J connectivity index is 1.76. The van der Waals surface area contributed by atoms with Crippen molar-refractivity contribution in [2.24, 2.45) is 11.7 Å². The molecule has 1 heterocycles. The second-order valence-electron chi connectivity index (χ2n) is 5.25. The highest BCUT2D eigenvalue weighted by atomic mass is 32.2. The van der Waals surface area contributed by atoms with Crippen LogP contribution in [0, 0.1) is 5.92 Å². The second-order valence-corrected chi connectivity index (χ2v) is 6.30. The van der Waals surface area contributed by atoms with Gasteiger partial charge in [-0.3, -0.25) is 4.79 Å². The summed E-state index contributed by atoms with van der Waals surface area (Å²) >= 11 is 1.58. The summed E-state index contributed by atoms with van der Waals surface area (Å²) < 4.78 is 5.41. The summed E-state index contributed by atoms with van der Waals surface area (Å²) in [6, 6.07) is 7.90. The smallest absolute Gasteiger partial charge is 0.232 e. The number of rotatable bonds is 6. The van der Waals surface area contributed by atoms with Crippen molar-refractivity contribution in [2.75, 3.05) is 32.0 Å². The number of piperidine rings is 1. The molecule has 1 aromatic carbocycles. The van der Waals surface area contributed by atoms with E-state index in [9.17, 15) is 4.79 Å². The summed E-state index contributed by atoms with van der Waals surface area (Å²) in [4.78, 5) is 15.3. The number of thioether (sulfide) groups is 1. The molecule has 5 heteroatoms. The largest absolute Gasteiger partial charge is 0.494 e. The van der Waals surface area contributed by atoms with Crippen LogP contribution >= 0.6 is 11.8 Å². The van der Waals surface area contributed by atoms with Crippen LogP contribution in [0.4, 0.5) is 0 Å². The highest BCUT2D eigenvalue weighted by molar-refractivity contribution is 8.00. The van der Waals surface area contributed by atoms with Crippen molar-refractivity contribution in [1.29, 1.82) is 0 Å². The lowest BCUT2D eigenvalue weighted by atomic mass is 9.97. The number of hydrogen-bond donors (Lipinski definition) is 1. The van der Waals surface area contributed by atoms with E-state index in [4.69, 9.17) is 10.5 Å².